The van der Waals surface area contributed by atoms with E-state index in [0.29, 0.717) is 12.0 Å². The van der Waals surface area contributed by atoms with Crippen LogP contribution in [0.5, 0.6) is 0 Å². The summed E-state index contributed by atoms with van der Waals surface area (Å²) < 4.78 is 0. The summed E-state index contributed by atoms with van der Waals surface area (Å²) in [5.74, 6) is 1.67. The minimum absolute atomic E-state index is 0.476. The third-order valence-corrected chi connectivity index (χ3v) is 3.92. The van der Waals surface area contributed by atoms with Gasteiger partial charge in [0.1, 0.15) is 0 Å². The molecule has 0 aromatic rings. The molecule has 1 nitrogen and oxygen atoms in total. The molecule has 0 heterocycles. The molecule has 2 atom stereocenters. The average molecular weight is 265 g/mol. The van der Waals surface area contributed by atoms with Crippen molar-refractivity contribution in [2.45, 2.75) is 53.0 Å². The number of hydrogen-bond acceptors (Lipinski definition) is 2. The molecular formula is C16H27NS. The zero-order chi connectivity index (χ0) is 13.5. The van der Waals surface area contributed by atoms with Gasteiger partial charge in [0, 0.05) is 11.7 Å². The second kappa shape index (κ2) is 7.73. The van der Waals surface area contributed by atoms with Crippen LogP contribution in [0.15, 0.2) is 35.1 Å². The highest BCUT2D eigenvalue weighted by Gasteiger charge is 2.25. The molecule has 2 heteroatoms. The zero-order valence-corrected chi connectivity index (χ0v) is 13.1. The molecule has 1 N–H and O–H groups in total. The number of thiol groups is 1. The van der Waals surface area contributed by atoms with Crippen LogP contribution < -0.4 is 5.32 Å². The van der Waals surface area contributed by atoms with Gasteiger partial charge in [0.25, 0.3) is 0 Å². The van der Waals surface area contributed by atoms with Crippen LogP contribution in [0.4, 0.5) is 0 Å². The Labute approximate surface area is 118 Å². The highest BCUT2D eigenvalue weighted by molar-refractivity contribution is 7.80. The van der Waals surface area contributed by atoms with Crippen LogP contribution in [0.3, 0.4) is 0 Å². The predicted octanol–water partition coefficient (Wildman–Crippen LogP) is 4.49. The van der Waals surface area contributed by atoms with Crippen molar-refractivity contribution in [2.75, 3.05) is 5.75 Å². The first-order chi connectivity index (χ1) is 8.60. The van der Waals surface area contributed by atoms with Gasteiger partial charge < -0.3 is 5.32 Å². The van der Waals surface area contributed by atoms with Crippen LogP contribution in [-0.4, -0.2) is 11.8 Å². The van der Waals surface area contributed by atoms with Crippen molar-refractivity contribution in [3.8, 4) is 0 Å². The monoisotopic (exact) mass is 265 g/mol. The molecule has 0 spiro atoms. The van der Waals surface area contributed by atoms with Crippen LogP contribution in [0.2, 0.25) is 0 Å². The second-order valence-electron chi connectivity index (χ2n) is 5.25. The third-order valence-electron chi connectivity index (χ3n) is 3.66. The predicted molar refractivity (Wildman–Crippen MR) is 85.1 cm³/mol. The van der Waals surface area contributed by atoms with E-state index in [4.69, 9.17) is 0 Å². The lowest BCUT2D eigenvalue weighted by Crippen LogP contribution is -2.31. The summed E-state index contributed by atoms with van der Waals surface area (Å²) in [6.45, 7) is 8.71. The largest absolute Gasteiger partial charge is 0.379 e. The smallest absolute Gasteiger partial charge is 0.0478 e. The van der Waals surface area contributed by atoms with Crippen LogP contribution >= 0.6 is 12.6 Å². The van der Waals surface area contributed by atoms with Gasteiger partial charge in [-0.05, 0) is 57.8 Å². The maximum Gasteiger partial charge on any atom is 0.0478 e. The van der Waals surface area contributed by atoms with E-state index in [9.17, 15) is 0 Å². The normalized spacial score (nSPS) is 25.3. The average Bonchev–Trinajstić information content (AvgIpc) is 2.69. The van der Waals surface area contributed by atoms with Gasteiger partial charge in [-0.3, -0.25) is 0 Å². The number of nitrogens with one attached hydrogen (secondary N) is 1. The molecule has 0 bridgehead atoms. The van der Waals surface area contributed by atoms with E-state index >= 15 is 0 Å². The molecule has 0 fully saturated rings. The van der Waals surface area contributed by atoms with Gasteiger partial charge in [-0.25, -0.2) is 0 Å². The molecule has 0 radical (unpaired) electrons. The summed E-state index contributed by atoms with van der Waals surface area (Å²) >= 11 is 4.37. The topological polar surface area (TPSA) is 12.0 Å². The Morgan fingerprint density at radius 2 is 2.28 bits per heavy atom. The summed E-state index contributed by atoms with van der Waals surface area (Å²) in [6.07, 6.45) is 10.3. The number of hydrogen-bond donors (Lipinski definition) is 2. The fraction of sp³-hybridized carbons (Fsp3) is 0.625. The van der Waals surface area contributed by atoms with Gasteiger partial charge in [-0.2, -0.15) is 12.6 Å². The summed E-state index contributed by atoms with van der Waals surface area (Å²) in [5, 5.41) is 3.67. The summed E-state index contributed by atoms with van der Waals surface area (Å²) in [5.41, 5.74) is 4.17. The lowest BCUT2D eigenvalue weighted by molar-refractivity contribution is 0.447. The Kier molecular flexibility index (Phi) is 6.62. The fourth-order valence-electron chi connectivity index (χ4n) is 2.43. The van der Waals surface area contributed by atoms with Gasteiger partial charge >= 0.3 is 0 Å². The molecular weight excluding hydrogens is 238 g/mol. The molecule has 102 valence electrons. The van der Waals surface area contributed by atoms with Crippen molar-refractivity contribution in [3.05, 3.63) is 35.1 Å². The Hall–Kier alpha value is -0.630. The highest BCUT2D eigenvalue weighted by Crippen LogP contribution is 2.28. The third kappa shape index (κ3) is 4.56. The van der Waals surface area contributed by atoms with Crippen LogP contribution in [0.1, 0.15) is 47.0 Å². The van der Waals surface area contributed by atoms with Crippen molar-refractivity contribution < 1.29 is 0 Å². The van der Waals surface area contributed by atoms with Gasteiger partial charge in [0.15, 0.2) is 0 Å². The summed E-state index contributed by atoms with van der Waals surface area (Å²) in [7, 11) is 0. The van der Waals surface area contributed by atoms with Gasteiger partial charge in [-0.15, -0.1) is 0 Å². The minimum Gasteiger partial charge on any atom is -0.379 e. The first-order valence-electron chi connectivity index (χ1n) is 6.98. The van der Waals surface area contributed by atoms with E-state index in [-0.39, 0.29) is 0 Å². The van der Waals surface area contributed by atoms with Gasteiger partial charge in [0.05, 0.1) is 0 Å². The molecule has 0 aromatic heterocycles. The molecule has 1 rings (SSSR count). The van der Waals surface area contributed by atoms with Gasteiger partial charge in [-0.1, -0.05) is 30.2 Å². The van der Waals surface area contributed by atoms with Crippen molar-refractivity contribution in [3.63, 3.8) is 0 Å². The molecule has 0 saturated heterocycles. The highest BCUT2D eigenvalue weighted by atomic mass is 32.1. The zero-order valence-electron chi connectivity index (χ0n) is 12.2. The molecule has 1 aliphatic carbocycles. The van der Waals surface area contributed by atoms with E-state index in [1.54, 1.807) is 0 Å². The molecule has 1 aliphatic rings. The van der Waals surface area contributed by atoms with E-state index in [1.165, 1.54) is 29.7 Å². The van der Waals surface area contributed by atoms with Crippen molar-refractivity contribution in [2.24, 2.45) is 5.92 Å². The number of allylic oxidation sites excluding steroid dienone is 4. The quantitative estimate of drug-likeness (QED) is 0.409. The van der Waals surface area contributed by atoms with E-state index < -0.39 is 0 Å². The Balaban J connectivity index is 2.69. The fourth-order valence-corrected chi connectivity index (χ4v) is 2.76. The van der Waals surface area contributed by atoms with Crippen LogP contribution in [0, 0.1) is 5.92 Å². The molecule has 0 aromatic carbocycles. The van der Waals surface area contributed by atoms with Crippen molar-refractivity contribution in [1.29, 1.82) is 0 Å². The molecule has 2 unspecified atom stereocenters. The van der Waals surface area contributed by atoms with Crippen molar-refractivity contribution >= 4 is 12.6 Å². The maximum atomic E-state index is 4.37. The standard InChI is InChI=1S/C16H27NS/c1-5-12(3)10-15(6-2)17-16-11-13(4)9-14(16)7-8-18/h6,10-11,14,16-18H,5,7-9H2,1-4H3/b12-10+,15-6+. The maximum absolute atomic E-state index is 4.37. The van der Waals surface area contributed by atoms with E-state index in [2.05, 4.69) is 63.9 Å². The van der Waals surface area contributed by atoms with Crippen LogP contribution in [0.25, 0.3) is 0 Å². The first-order valence-corrected chi connectivity index (χ1v) is 7.62. The second-order valence-corrected chi connectivity index (χ2v) is 5.70. The minimum atomic E-state index is 0.476. The summed E-state index contributed by atoms with van der Waals surface area (Å²) in [6, 6.07) is 0.476. The van der Waals surface area contributed by atoms with Gasteiger partial charge in [0.2, 0.25) is 0 Å². The summed E-state index contributed by atoms with van der Waals surface area (Å²) in [4.78, 5) is 0. The number of rotatable bonds is 6. The lowest BCUT2D eigenvalue weighted by Gasteiger charge is -2.22. The Bertz CT molecular complexity index is 352. The lowest BCUT2D eigenvalue weighted by atomic mass is 9.98. The molecule has 18 heavy (non-hydrogen) atoms. The Morgan fingerprint density at radius 1 is 1.56 bits per heavy atom. The first kappa shape index (κ1) is 15.4. The molecule has 0 saturated carbocycles. The Morgan fingerprint density at radius 3 is 2.83 bits per heavy atom. The SMILES string of the molecule is C/C=C(\C=C(/C)CC)NC1C=C(C)CC1CCS. The van der Waals surface area contributed by atoms with E-state index in [1.807, 2.05) is 0 Å². The molecule has 0 amide bonds. The van der Waals surface area contributed by atoms with Crippen LogP contribution in [-0.2, 0) is 0 Å². The molecule has 0 aliphatic heterocycles. The van der Waals surface area contributed by atoms with E-state index in [0.717, 1.165) is 12.2 Å². The van der Waals surface area contributed by atoms with Crippen molar-refractivity contribution in [1.82, 2.24) is 5.32 Å².